The zero-order valence-electron chi connectivity index (χ0n) is 10.6. The highest BCUT2D eigenvalue weighted by Gasteiger charge is 2.11. The summed E-state index contributed by atoms with van der Waals surface area (Å²) in [5.41, 5.74) is 0.936. The number of amides is 1. The summed E-state index contributed by atoms with van der Waals surface area (Å²) in [5.74, 6) is -0.209. The van der Waals surface area contributed by atoms with Crippen molar-refractivity contribution in [1.82, 2.24) is 10.3 Å². The summed E-state index contributed by atoms with van der Waals surface area (Å²) in [6.45, 7) is 0.765. The lowest BCUT2D eigenvalue weighted by Crippen LogP contribution is -2.29. The molecule has 0 unspecified atom stereocenters. The first kappa shape index (κ1) is 13.6. The van der Waals surface area contributed by atoms with Gasteiger partial charge in [-0.1, -0.05) is 12.1 Å². The van der Waals surface area contributed by atoms with E-state index in [1.54, 1.807) is 36.5 Å². The summed E-state index contributed by atoms with van der Waals surface area (Å²) < 4.78 is 0. The molecule has 7 heteroatoms. The molecule has 104 valence electrons. The van der Waals surface area contributed by atoms with Gasteiger partial charge >= 0.3 is 0 Å². The van der Waals surface area contributed by atoms with E-state index in [2.05, 4.69) is 15.6 Å². The quantitative estimate of drug-likeness (QED) is 0.424. The summed E-state index contributed by atoms with van der Waals surface area (Å²) >= 11 is 0. The average Bonchev–Trinajstić information content (AvgIpc) is 2.98. The first-order chi connectivity index (χ1) is 9.68. The number of hydrogen-bond acceptors (Lipinski definition) is 4. The van der Waals surface area contributed by atoms with Gasteiger partial charge in [-0.25, -0.2) is 0 Å². The number of nitro benzene ring substituents is 1. The summed E-state index contributed by atoms with van der Waals surface area (Å²) in [6.07, 6.45) is 1.67. The number of nitrogens with zero attached hydrogens (tertiary/aromatic N) is 1. The third kappa shape index (κ3) is 3.35. The van der Waals surface area contributed by atoms with Crippen molar-refractivity contribution in [2.45, 2.75) is 0 Å². The fraction of sp³-hybridized carbons (Fsp3) is 0.154. The summed E-state index contributed by atoms with van der Waals surface area (Å²) in [7, 11) is 0. The Hall–Kier alpha value is -2.83. The van der Waals surface area contributed by atoms with Crippen LogP contribution in [0.1, 0.15) is 10.5 Å². The van der Waals surface area contributed by atoms with E-state index >= 15 is 0 Å². The molecule has 0 radical (unpaired) electrons. The lowest BCUT2D eigenvalue weighted by atomic mass is 10.2. The molecule has 0 atom stereocenters. The Morgan fingerprint density at radius 1 is 1.20 bits per heavy atom. The average molecular weight is 274 g/mol. The fourth-order valence-electron chi connectivity index (χ4n) is 1.72. The molecule has 0 bridgehead atoms. The Balaban J connectivity index is 1.82. The van der Waals surface area contributed by atoms with Crippen molar-refractivity contribution in [2.75, 3.05) is 18.4 Å². The van der Waals surface area contributed by atoms with Crippen LogP contribution in [0.25, 0.3) is 0 Å². The number of rotatable bonds is 6. The molecule has 2 aromatic rings. The fourth-order valence-corrected chi connectivity index (χ4v) is 1.72. The number of para-hydroxylation sites is 2. The van der Waals surface area contributed by atoms with Crippen molar-refractivity contribution in [1.29, 1.82) is 0 Å². The highest BCUT2D eigenvalue weighted by Crippen LogP contribution is 2.22. The van der Waals surface area contributed by atoms with Gasteiger partial charge in [0, 0.05) is 25.4 Å². The highest BCUT2D eigenvalue weighted by molar-refractivity contribution is 5.92. The molecule has 0 fully saturated rings. The van der Waals surface area contributed by atoms with Gasteiger partial charge in [-0.2, -0.15) is 0 Å². The third-order valence-corrected chi connectivity index (χ3v) is 2.67. The Kier molecular flexibility index (Phi) is 4.33. The number of nitro groups is 1. The molecule has 0 spiro atoms. The molecule has 1 heterocycles. The van der Waals surface area contributed by atoms with Crippen LogP contribution in [0, 0.1) is 10.1 Å². The van der Waals surface area contributed by atoms with Crippen LogP contribution < -0.4 is 10.6 Å². The highest BCUT2D eigenvalue weighted by atomic mass is 16.6. The van der Waals surface area contributed by atoms with Crippen LogP contribution in [0.4, 0.5) is 11.4 Å². The maximum Gasteiger partial charge on any atom is 0.292 e. The van der Waals surface area contributed by atoms with Gasteiger partial charge in [0.1, 0.15) is 11.4 Å². The number of aromatic nitrogens is 1. The molecule has 0 aliphatic rings. The van der Waals surface area contributed by atoms with Gasteiger partial charge in [0.15, 0.2) is 0 Å². The smallest absolute Gasteiger partial charge is 0.292 e. The van der Waals surface area contributed by atoms with Crippen LogP contribution in [-0.4, -0.2) is 28.9 Å². The molecular weight excluding hydrogens is 260 g/mol. The molecule has 1 aromatic carbocycles. The monoisotopic (exact) mass is 274 g/mol. The number of nitrogens with one attached hydrogen (secondary N) is 3. The van der Waals surface area contributed by atoms with Gasteiger partial charge in [0.2, 0.25) is 0 Å². The van der Waals surface area contributed by atoms with Crippen molar-refractivity contribution in [3.8, 4) is 0 Å². The van der Waals surface area contributed by atoms with E-state index in [9.17, 15) is 14.9 Å². The van der Waals surface area contributed by atoms with Crippen LogP contribution in [0.15, 0.2) is 42.6 Å². The number of anilines is 1. The molecule has 20 heavy (non-hydrogen) atoms. The lowest BCUT2D eigenvalue weighted by molar-refractivity contribution is -0.384. The van der Waals surface area contributed by atoms with Gasteiger partial charge in [0.25, 0.3) is 11.6 Å². The minimum Gasteiger partial charge on any atom is -0.378 e. The first-order valence-corrected chi connectivity index (χ1v) is 6.07. The Morgan fingerprint density at radius 2 is 2.00 bits per heavy atom. The van der Waals surface area contributed by atoms with E-state index < -0.39 is 4.92 Å². The summed E-state index contributed by atoms with van der Waals surface area (Å²) in [6, 6.07) is 9.79. The molecule has 2 rings (SSSR count). The molecule has 7 nitrogen and oxygen atoms in total. The van der Waals surface area contributed by atoms with Crippen molar-refractivity contribution < 1.29 is 9.72 Å². The van der Waals surface area contributed by atoms with Crippen LogP contribution in [-0.2, 0) is 0 Å². The third-order valence-electron chi connectivity index (χ3n) is 2.67. The van der Waals surface area contributed by atoms with Gasteiger partial charge in [0.05, 0.1) is 4.92 Å². The second kappa shape index (κ2) is 6.37. The number of carbonyl (C=O) groups is 1. The standard InChI is InChI=1S/C13H14N4O3/c18-13(11-5-3-7-14-11)16-9-8-15-10-4-1-2-6-12(10)17(19)20/h1-7,14-15H,8-9H2,(H,16,18). The number of carbonyl (C=O) groups excluding carboxylic acids is 1. The second-order valence-corrected chi connectivity index (χ2v) is 4.04. The lowest BCUT2D eigenvalue weighted by Gasteiger charge is -2.07. The minimum atomic E-state index is -0.445. The zero-order valence-corrected chi connectivity index (χ0v) is 10.6. The first-order valence-electron chi connectivity index (χ1n) is 6.07. The Bertz CT molecular complexity index is 595. The van der Waals surface area contributed by atoms with Crippen molar-refractivity contribution in [3.63, 3.8) is 0 Å². The SMILES string of the molecule is O=C(NCCNc1ccccc1[N+](=O)[O-])c1ccc[nH]1. The van der Waals surface area contributed by atoms with Crippen molar-refractivity contribution in [3.05, 3.63) is 58.4 Å². The predicted octanol–water partition coefficient (Wildman–Crippen LogP) is 1.76. The van der Waals surface area contributed by atoms with Crippen molar-refractivity contribution >= 4 is 17.3 Å². The van der Waals surface area contributed by atoms with Gasteiger partial charge in [-0.15, -0.1) is 0 Å². The largest absolute Gasteiger partial charge is 0.378 e. The maximum absolute atomic E-state index is 11.6. The van der Waals surface area contributed by atoms with Crippen molar-refractivity contribution in [2.24, 2.45) is 0 Å². The zero-order chi connectivity index (χ0) is 14.4. The molecule has 0 saturated heterocycles. The number of hydrogen-bond donors (Lipinski definition) is 3. The van der Waals surface area contributed by atoms with Gasteiger partial charge in [-0.05, 0) is 18.2 Å². The van der Waals surface area contributed by atoms with Crippen LogP contribution >= 0.6 is 0 Å². The van der Waals surface area contributed by atoms with Crippen LogP contribution in [0.2, 0.25) is 0 Å². The van der Waals surface area contributed by atoms with Crippen LogP contribution in [0.3, 0.4) is 0 Å². The molecule has 0 aliphatic carbocycles. The molecule has 0 aliphatic heterocycles. The number of H-pyrrole nitrogens is 1. The normalized spacial score (nSPS) is 10.0. The van der Waals surface area contributed by atoms with Crippen LogP contribution in [0.5, 0.6) is 0 Å². The summed E-state index contributed by atoms with van der Waals surface area (Å²) in [4.78, 5) is 24.8. The van der Waals surface area contributed by atoms with E-state index in [4.69, 9.17) is 0 Å². The van der Waals surface area contributed by atoms with E-state index in [0.717, 1.165) is 0 Å². The summed E-state index contributed by atoms with van der Waals surface area (Å²) in [5, 5.41) is 16.4. The van der Waals surface area contributed by atoms with E-state index in [0.29, 0.717) is 24.5 Å². The molecule has 1 amide bonds. The van der Waals surface area contributed by atoms with E-state index in [-0.39, 0.29) is 11.6 Å². The topological polar surface area (TPSA) is 100 Å². The Morgan fingerprint density at radius 3 is 2.70 bits per heavy atom. The molecule has 0 saturated carbocycles. The number of aromatic amines is 1. The molecule has 1 aromatic heterocycles. The van der Waals surface area contributed by atoms with E-state index in [1.807, 2.05) is 0 Å². The van der Waals surface area contributed by atoms with E-state index in [1.165, 1.54) is 6.07 Å². The van der Waals surface area contributed by atoms with Gasteiger partial charge in [-0.3, -0.25) is 14.9 Å². The predicted molar refractivity (Wildman–Crippen MR) is 74.7 cm³/mol. The molecular formula is C13H14N4O3. The number of benzene rings is 1. The van der Waals surface area contributed by atoms with Gasteiger partial charge < -0.3 is 15.6 Å². The minimum absolute atomic E-state index is 0.0168. The second-order valence-electron chi connectivity index (χ2n) is 4.04. The molecule has 3 N–H and O–H groups in total. The Labute approximate surface area is 115 Å². The maximum atomic E-state index is 11.6.